The zero-order chi connectivity index (χ0) is 19.6. The molecule has 0 spiro atoms. The second-order valence-corrected chi connectivity index (χ2v) is 7.07. The minimum atomic E-state index is -0.495. The van der Waals surface area contributed by atoms with Gasteiger partial charge in [0.2, 0.25) is 11.8 Å². The molecule has 6 nitrogen and oxygen atoms in total. The third-order valence-corrected chi connectivity index (χ3v) is 5.01. The molecular weight excluding hydrogens is 344 g/mol. The van der Waals surface area contributed by atoms with E-state index in [4.69, 9.17) is 0 Å². The largest absolute Gasteiger partial charge is 0.394 e. The highest BCUT2D eigenvalue weighted by atomic mass is 16.3. The highest BCUT2D eigenvalue weighted by Gasteiger charge is 2.33. The number of rotatable bonds is 10. The summed E-state index contributed by atoms with van der Waals surface area (Å²) in [6.45, 7) is 4.09. The first-order valence-corrected chi connectivity index (χ1v) is 9.55. The number of likely N-dealkylation sites (tertiary alicyclic amines) is 1. The van der Waals surface area contributed by atoms with Crippen molar-refractivity contribution < 1.29 is 19.8 Å². The van der Waals surface area contributed by atoms with Crippen molar-refractivity contribution >= 4 is 11.8 Å². The van der Waals surface area contributed by atoms with Gasteiger partial charge in [0, 0.05) is 13.0 Å². The highest BCUT2D eigenvalue weighted by Crippen LogP contribution is 2.22. The van der Waals surface area contributed by atoms with Crippen molar-refractivity contribution in [2.75, 3.05) is 19.8 Å². The summed E-state index contributed by atoms with van der Waals surface area (Å²) < 4.78 is 0. The molecule has 0 unspecified atom stereocenters. The first kappa shape index (κ1) is 21.1. The molecule has 0 radical (unpaired) electrons. The Labute approximate surface area is 160 Å². The molecule has 27 heavy (non-hydrogen) atoms. The van der Waals surface area contributed by atoms with Gasteiger partial charge in [0.25, 0.3) is 0 Å². The Morgan fingerprint density at radius 1 is 1.30 bits per heavy atom. The fourth-order valence-electron chi connectivity index (χ4n) is 3.59. The van der Waals surface area contributed by atoms with Crippen LogP contribution in [-0.2, 0) is 16.0 Å². The maximum Gasteiger partial charge on any atom is 0.226 e. The minimum absolute atomic E-state index is 0.0464. The molecule has 1 aromatic carbocycles. The summed E-state index contributed by atoms with van der Waals surface area (Å²) in [5.74, 6) is -0.860. The molecule has 1 saturated heterocycles. The summed E-state index contributed by atoms with van der Waals surface area (Å²) in [7, 11) is 0. The van der Waals surface area contributed by atoms with Crippen LogP contribution >= 0.6 is 0 Å². The Morgan fingerprint density at radius 2 is 2.04 bits per heavy atom. The molecule has 3 atom stereocenters. The van der Waals surface area contributed by atoms with Gasteiger partial charge in [0.15, 0.2) is 0 Å². The van der Waals surface area contributed by atoms with E-state index >= 15 is 0 Å². The topological polar surface area (TPSA) is 89.9 Å². The number of hydrogen-bond donors (Lipinski definition) is 3. The number of nitrogens with zero attached hydrogens (tertiary/aromatic N) is 1. The van der Waals surface area contributed by atoms with Crippen molar-refractivity contribution in [2.45, 2.75) is 44.2 Å². The molecule has 2 amide bonds. The Hall–Kier alpha value is -2.18. The fraction of sp³-hybridized carbons (Fsp3) is 0.524. The summed E-state index contributed by atoms with van der Waals surface area (Å²) in [6, 6.07) is 9.09. The monoisotopic (exact) mass is 374 g/mol. The number of hydrogen-bond acceptors (Lipinski definition) is 4. The molecule has 1 fully saturated rings. The highest BCUT2D eigenvalue weighted by molar-refractivity contribution is 5.86. The van der Waals surface area contributed by atoms with Crippen LogP contribution in [0.4, 0.5) is 0 Å². The molecule has 3 N–H and O–H groups in total. The molecule has 1 heterocycles. The van der Waals surface area contributed by atoms with E-state index in [-0.39, 0.29) is 37.5 Å². The van der Waals surface area contributed by atoms with E-state index in [9.17, 15) is 19.8 Å². The maximum atomic E-state index is 12.8. The summed E-state index contributed by atoms with van der Waals surface area (Å²) in [4.78, 5) is 27.0. The summed E-state index contributed by atoms with van der Waals surface area (Å²) in [5.41, 5.74) is 1.03. The molecule has 1 aliphatic rings. The van der Waals surface area contributed by atoms with E-state index in [0.29, 0.717) is 19.4 Å². The Balaban J connectivity index is 1.94. The second-order valence-electron chi connectivity index (χ2n) is 7.07. The molecule has 0 aliphatic carbocycles. The summed E-state index contributed by atoms with van der Waals surface area (Å²) in [5, 5.41) is 21.9. The molecule has 6 heteroatoms. The molecule has 148 valence electrons. The van der Waals surface area contributed by atoms with Crippen LogP contribution in [-0.4, -0.2) is 58.8 Å². The minimum Gasteiger partial charge on any atom is -0.394 e. The van der Waals surface area contributed by atoms with Gasteiger partial charge in [-0.25, -0.2) is 0 Å². The zero-order valence-electron chi connectivity index (χ0n) is 15.7. The number of carbonyl (C=O) groups is 2. The number of aliphatic hydroxyl groups excluding tert-OH is 2. The maximum absolute atomic E-state index is 12.8. The van der Waals surface area contributed by atoms with Crippen LogP contribution in [0.1, 0.15) is 31.2 Å². The van der Waals surface area contributed by atoms with Crippen LogP contribution in [0.3, 0.4) is 0 Å². The van der Waals surface area contributed by atoms with Gasteiger partial charge in [-0.15, -0.1) is 6.58 Å². The van der Waals surface area contributed by atoms with Gasteiger partial charge in [-0.3, -0.25) is 9.59 Å². The summed E-state index contributed by atoms with van der Waals surface area (Å²) >= 11 is 0. The lowest BCUT2D eigenvalue weighted by atomic mass is 9.98. The molecule has 0 bridgehead atoms. The van der Waals surface area contributed by atoms with Gasteiger partial charge < -0.3 is 20.4 Å². The van der Waals surface area contributed by atoms with E-state index in [1.807, 2.05) is 30.3 Å². The van der Waals surface area contributed by atoms with E-state index in [1.54, 1.807) is 11.0 Å². The van der Waals surface area contributed by atoms with Crippen LogP contribution in [0.2, 0.25) is 0 Å². The third kappa shape index (κ3) is 6.19. The SMILES string of the molecule is C=CC[C@H](CC(=O)N[C@H](CO)Cc1ccccc1)C(=O)N1CCC[C@H]1CO. The smallest absolute Gasteiger partial charge is 0.226 e. The fourth-order valence-corrected chi connectivity index (χ4v) is 3.59. The van der Waals surface area contributed by atoms with Crippen molar-refractivity contribution in [3.05, 3.63) is 48.6 Å². The van der Waals surface area contributed by atoms with Crippen molar-refractivity contribution in [1.29, 1.82) is 0 Å². The van der Waals surface area contributed by atoms with E-state index in [1.165, 1.54) is 0 Å². The Kier molecular flexibility index (Phi) is 8.48. The van der Waals surface area contributed by atoms with Gasteiger partial charge in [-0.1, -0.05) is 36.4 Å². The van der Waals surface area contributed by atoms with Gasteiger partial charge >= 0.3 is 0 Å². The van der Waals surface area contributed by atoms with Gasteiger partial charge in [-0.05, 0) is 31.2 Å². The van der Waals surface area contributed by atoms with Crippen LogP contribution in [0.5, 0.6) is 0 Å². The van der Waals surface area contributed by atoms with Gasteiger partial charge in [-0.2, -0.15) is 0 Å². The number of allylic oxidation sites excluding steroid dienone is 1. The lowest BCUT2D eigenvalue weighted by Gasteiger charge is -2.27. The van der Waals surface area contributed by atoms with Crippen molar-refractivity contribution in [1.82, 2.24) is 10.2 Å². The average Bonchev–Trinajstić information content (AvgIpc) is 3.16. The number of aliphatic hydroxyl groups is 2. The molecular formula is C21H30N2O4. The lowest BCUT2D eigenvalue weighted by Crippen LogP contribution is -2.44. The Morgan fingerprint density at radius 3 is 2.67 bits per heavy atom. The number of carbonyl (C=O) groups excluding carboxylic acids is 2. The quantitative estimate of drug-likeness (QED) is 0.538. The van der Waals surface area contributed by atoms with E-state index in [2.05, 4.69) is 11.9 Å². The van der Waals surface area contributed by atoms with E-state index < -0.39 is 12.0 Å². The number of amides is 2. The Bertz CT molecular complexity index is 620. The predicted octanol–water partition coefficient (Wildman–Crippen LogP) is 1.27. The van der Waals surface area contributed by atoms with Crippen LogP contribution in [0, 0.1) is 5.92 Å². The molecule has 0 saturated carbocycles. The van der Waals surface area contributed by atoms with Gasteiger partial charge in [0.1, 0.15) is 0 Å². The first-order valence-electron chi connectivity index (χ1n) is 9.55. The van der Waals surface area contributed by atoms with Crippen molar-refractivity contribution in [3.63, 3.8) is 0 Å². The average molecular weight is 374 g/mol. The summed E-state index contributed by atoms with van der Waals surface area (Å²) in [6.07, 6.45) is 4.29. The molecule has 1 aliphatic heterocycles. The normalized spacial score (nSPS) is 18.7. The number of nitrogens with one attached hydrogen (secondary N) is 1. The van der Waals surface area contributed by atoms with Crippen molar-refractivity contribution in [2.24, 2.45) is 5.92 Å². The van der Waals surface area contributed by atoms with Gasteiger partial charge in [0.05, 0.1) is 31.2 Å². The zero-order valence-corrected chi connectivity index (χ0v) is 15.7. The van der Waals surface area contributed by atoms with Crippen LogP contribution in [0.25, 0.3) is 0 Å². The van der Waals surface area contributed by atoms with Crippen molar-refractivity contribution in [3.8, 4) is 0 Å². The molecule has 1 aromatic rings. The second kappa shape index (κ2) is 10.8. The lowest BCUT2D eigenvalue weighted by molar-refractivity contribution is -0.139. The predicted molar refractivity (Wildman–Crippen MR) is 104 cm³/mol. The third-order valence-electron chi connectivity index (χ3n) is 5.01. The first-order chi connectivity index (χ1) is 13.1. The van der Waals surface area contributed by atoms with E-state index in [0.717, 1.165) is 18.4 Å². The van der Waals surface area contributed by atoms with Crippen LogP contribution < -0.4 is 5.32 Å². The molecule has 2 rings (SSSR count). The number of benzene rings is 1. The molecule has 0 aromatic heterocycles. The standard InChI is InChI=1S/C21H30N2O4/c1-2-7-17(21(27)23-11-6-10-19(23)15-25)13-20(26)22-18(14-24)12-16-8-4-3-5-9-16/h2-5,8-9,17-19,24-25H,1,6-7,10-15H2,(H,22,26)/t17-,18+,19+/m1/s1. The van der Waals surface area contributed by atoms with Crippen LogP contribution in [0.15, 0.2) is 43.0 Å².